The normalized spacial score (nSPS) is 20.7. The van der Waals surface area contributed by atoms with Crippen LogP contribution in [-0.4, -0.2) is 52.2 Å². The highest BCUT2D eigenvalue weighted by atomic mass is 32.1. The van der Waals surface area contributed by atoms with Crippen molar-refractivity contribution >= 4 is 22.9 Å². The van der Waals surface area contributed by atoms with E-state index in [1.807, 2.05) is 41.5 Å². The van der Waals surface area contributed by atoms with Crippen molar-refractivity contribution in [1.82, 2.24) is 9.88 Å². The summed E-state index contributed by atoms with van der Waals surface area (Å²) in [6, 6.07) is 13.5. The van der Waals surface area contributed by atoms with Crippen molar-refractivity contribution in [2.24, 2.45) is 5.92 Å². The molecule has 1 aromatic heterocycles. The fraction of sp³-hybridized carbons (Fsp3) is 0.407. The van der Waals surface area contributed by atoms with E-state index in [1.54, 1.807) is 23.5 Å². The van der Waals surface area contributed by atoms with Crippen LogP contribution in [0.5, 0.6) is 5.75 Å². The summed E-state index contributed by atoms with van der Waals surface area (Å²) in [6.07, 6.45) is 0.540. The average Bonchev–Trinajstić information content (AvgIpc) is 3.24. The highest BCUT2D eigenvalue weighted by Crippen LogP contribution is 2.32. The van der Waals surface area contributed by atoms with E-state index in [4.69, 9.17) is 4.74 Å². The highest BCUT2D eigenvalue weighted by molar-refractivity contribution is 7.09. The Balaban J connectivity index is 1.41. The van der Waals surface area contributed by atoms with Crippen LogP contribution < -0.4 is 10.1 Å². The molecule has 6 nitrogen and oxygen atoms in total. The first-order chi connectivity index (χ1) is 16.7. The van der Waals surface area contributed by atoms with Crippen LogP contribution in [0.4, 0.5) is 10.1 Å². The van der Waals surface area contributed by atoms with Crippen LogP contribution in [0.3, 0.4) is 0 Å². The smallest absolute Gasteiger partial charge is 0.238 e. The molecule has 2 aromatic carbocycles. The summed E-state index contributed by atoms with van der Waals surface area (Å²) in [6.45, 7) is 7.25. The first kappa shape index (κ1) is 25.3. The van der Waals surface area contributed by atoms with Crippen LogP contribution in [0.2, 0.25) is 0 Å². The summed E-state index contributed by atoms with van der Waals surface area (Å²) in [7, 11) is 0. The molecule has 0 spiro atoms. The maximum atomic E-state index is 13.3. The maximum Gasteiger partial charge on any atom is 0.238 e. The van der Waals surface area contributed by atoms with Gasteiger partial charge >= 0.3 is 0 Å². The van der Waals surface area contributed by atoms with Gasteiger partial charge in [0.2, 0.25) is 5.91 Å². The number of benzene rings is 2. The summed E-state index contributed by atoms with van der Waals surface area (Å²) in [5.41, 5.74) is 1.54. The summed E-state index contributed by atoms with van der Waals surface area (Å²) in [4.78, 5) is 19.4. The predicted octanol–water partition coefficient (Wildman–Crippen LogP) is 5.13. The molecule has 186 valence electrons. The number of nitrogens with one attached hydrogen (secondary N) is 1. The second-order valence-electron chi connectivity index (χ2n) is 9.63. The summed E-state index contributed by atoms with van der Waals surface area (Å²) in [5.74, 6) is 0.305. The SMILES string of the molecule is Cc1nc(-c2cccc(NC(=O)CN3CC[C@@](O)(CC(C)C)[C@@H](Oc4ccc(F)cc4)C3)c2)cs1. The lowest BCUT2D eigenvalue weighted by atomic mass is 9.81. The summed E-state index contributed by atoms with van der Waals surface area (Å²) < 4.78 is 19.5. The van der Waals surface area contributed by atoms with Crippen LogP contribution >= 0.6 is 11.3 Å². The van der Waals surface area contributed by atoms with Crippen LogP contribution in [0.15, 0.2) is 53.9 Å². The Hall–Kier alpha value is -2.81. The molecule has 4 rings (SSSR count). The number of likely N-dealkylation sites (tertiary alicyclic amines) is 1. The monoisotopic (exact) mass is 497 g/mol. The Morgan fingerprint density at radius 3 is 2.77 bits per heavy atom. The number of hydrogen-bond donors (Lipinski definition) is 2. The van der Waals surface area contributed by atoms with Crippen molar-refractivity contribution in [3.05, 3.63) is 64.7 Å². The first-order valence-corrected chi connectivity index (χ1v) is 12.8. The lowest BCUT2D eigenvalue weighted by molar-refractivity contribution is -0.129. The second-order valence-corrected chi connectivity index (χ2v) is 10.7. The average molecular weight is 498 g/mol. The number of aryl methyl sites for hydroxylation is 1. The Morgan fingerprint density at radius 2 is 2.09 bits per heavy atom. The van der Waals surface area contributed by atoms with Crippen molar-refractivity contribution in [2.75, 3.05) is 25.0 Å². The molecule has 3 aromatic rings. The van der Waals surface area contributed by atoms with Gasteiger partial charge in [0, 0.05) is 29.7 Å². The molecule has 1 aliphatic heterocycles. The fourth-order valence-corrected chi connectivity index (χ4v) is 5.19. The quantitative estimate of drug-likeness (QED) is 0.452. The molecule has 2 N–H and O–H groups in total. The Bertz CT molecular complexity index is 1150. The van der Waals surface area contributed by atoms with E-state index in [0.717, 1.165) is 16.3 Å². The van der Waals surface area contributed by atoms with Gasteiger partial charge < -0.3 is 15.2 Å². The minimum absolute atomic E-state index is 0.133. The van der Waals surface area contributed by atoms with Gasteiger partial charge in [-0.15, -0.1) is 11.3 Å². The molecule has 1 amide bonds. The number of amides is 1. The fourth-order valence-electron chi connectivity index (χ4n) is 4.57. The number of ether oxygens (including phenoxy) is 1. The standard InChI is InChI=1S/C27H32FN3O3S/c1-18(2)14-27(33)11-12-31(15-25(27)34-23-9-7-21(28)8-10-23)16-26(32)30-22-6-4-5-20(13-22)24-17-35-19(3)29-24/h4-10,13,17-18,25,33H,11-12,14-16H2,1-3H3,(H,30,32)/t25-,27+/m0/s1. The van der Waals surface area contributed by atoms with Gasteiger partial charge in [0.1, 0.15) is 23.3 Å². The van der Waals surface area contributed by atoms with Crippen LogP contribution in [0.25, 0.3) is 11.3 Å². The van der Waals surface area contributed by atoms with E-state index in [2.05, 4.69) is 24.1 Å². The number of nitrogens with zero attached hydrogens (tertiary/aromatic N) is 2. The highest BCUT2D eigenvalue weighted by Gasteiger charge is 2.43. The van der Waals surface area contributed by atoms with Crippen molar-refractivity contribution in [2.45, 2.75) is 45.3 Å². The molecule has 2 heterocycles. The Labute approximate surface area is 209 Å². The third-order valence-corrected chi connectivity index (χ3v) is 6.94. The molecule has 0 saturated carbocycles. The van der Waals surface area contributed by atoms with Gasteiger partial charge in [-0.05, 0) is 62.1 Å². The number of carbonyl (C=O) groups excluding carboxylic acids is 1. The van der Waals surface area contributed by atoms with Gasteiger partial charge in [-0.2, -0.15) is 0 Å². The van der Waals surface area contributed by atoms with Crippen molar-refractivity contribution in [3.8, 4) is 17.0 Å². The minimum atomic E-state index is -1.02. The number of halogens is 1. The van der Waals surface area contributed by atoms with Gasteiger partial charge in [0.05, 0.1) is 17.2 Å². The van der Waals surface area contributed by atoms with Crippen LogP contribution in [0, 0.1) is 18.7 Å². The molecule has 0 bridgehead atoms. The zero-order valence-corrected chi connectivity index (χ0v) is 21.1. The molecule has 0 radical (unpaired) electrons. The molecule has 35 heavy (non-hydrogen) atoms. The second kappa shape index (κ2) is 10.8. The number of aliphatic hydroxyl groups is 1. The molecular weight excluding hydrogens is 465 g/mol. The van der Waals surface area contributed by atoms with E-state index in [-0.39, 0.29) is 24.2 Å². The zero-order valence-electron chi connectivity index (χ0n) is 20.3. The summed E-state index contributed by atoms with van der Waals surface area (Å²) in [5, 5.41) is 17.4. The number of rotatable bonds is 8. The van der Waals surface area contributed by atoms with E-state index >= 15 is 0 Å². The van der Waals surface area contributed by atoms with Gasteiger partial charge in [-0.3, -0.25) is 9.69 Å². The lowest BCUT2D eigenvalue weighted by Gasteiger charge is -2.45. The third kappa shape index (κ3) is 6.66. The number of anilines is 1. The Kier molecular flexibility index (Phi) is 7.84. The van der Waals surface area contributed by atoms with E-state index in [9.17, 15) is 14.3 Å². The third-order valence-electron chi connectivity index (χ3n) is 6.17. The predicted molar refractivity (Wildman–Crippen MR) is 137 cm³/mol. The number of thiazole rings is 1. The van der Waals surface area contributed by atoms with Gasteiger partial charge in [-0.1, -0.05) is 26.0 Å². The van der Waals surface area contributed by atoms with Gasteiger partial charge in [0.15, 0.2) is 0 Å². The number of aromatic nitrogens is 1. The van der Waals surface area contributed by atoms with Crippen LogP contribution in [-0.2, 0) is 4.79 Å². The number of carbonyl (C=O) groups is 1. The largest absolute Gasteiger partial charge is 0.486 e. The molecule has 1 fully saturated rings. The number of piperidine rings is 1. The minimum Gasteiger partial charge on any atom is -0.486 e. The van der Waals surface area contributed by atoms with E-state index in [1.165, 1.54) is 12.1 Å². The van der Waals surface area contributed by atoms with E-state index in [0.29, 0.717) is 37.4 Å². The molecular formula is C27H32FN3O3S. The molecule has 0 aliphatic carbocycles. The van der Waals surface area contributed by atoms with Crippen molar-refractivity contribution in [3.63, 3.8) is 0 Å². The van der Waals surface area contributed by atoms with E-state index < -0.39 is 11.7 Å². The topological polar surface area (TPSA) is 74.7 Å². The van der Waals surface area contributed by atoms with Crippen molar-refractivity contribution in [1.29, 1.82) is 0 Å². The molecule has 1 aliphatic rings. The molecule has 8 heteroatoms. The lowest BCUT2D eigenvalue weighted by Crippen LogP contribution is -2.59. The van der Waals surface area contributed by atoms with Crippen LogP contribution in [0.1, 0.15) is 31.7 Å². The summed E-state index contributed by atoms with van der Waals surface area (Å²) >= 11 is 1.59. The maximum absolute atomic E-state index is 13.3. The molecule has 2 atom stereocenters. The molecule has 0 unspecified atom stereocenters. The van der Waals surface area contributed by atoms with Gasteiger partial charge in [-0.25, -0.2) is 9.37 Å². The number of hydrogen-bond acceptors (Lipinski definition) is 6. The van der Waals surface area contributed by atoms with Gasteiger partial charge in [0.25, 0.3) is 0 Å². The molecule has 1 saturated heterocycles. The Morgan fingerprint density at radius 1 is 1.31 bits per heavy atom. The van der Waals surface area contributed by atoms with Crippen molar-refractivity contribution < 1.29 is 19.0 Å². The first-order valence-electron chi connectivity index (χ1n) is 11.9. The zero-order chi connectivity index (χ0) is 25.0.